The van der Waals surface area contributed by atoms with Gasteiger partial charge >= 0.3 is 0 Å². The Morgan fingerprint density at radius 2 is 2.00 bits per heavy atom. The summed E-state index contributed by atoms with van der Waals surface area (Å²) in [5.74, 6) is 0. The first-order chi connectivity index (χ1) is 8.72. The van der Waals surface area contributed by atoms with Gasteiger partial charge in [0.2, 0.25) is 0 Å². The van der Waals surface area contributed by atoms with Crippen LogP contribution >= 0.6 is 27.7 Å². The molecule has 3 aromatic rings. The molecule has 1 aromatic heterocycles. The second-order valence-corrected chi connectivity index (χ2v) is 5.79. The normalized spacial score (nSPS) is 10.9. The van der Waals surface area contributed by atoms with Crippen LogP contribution in [0.3, 0.4) is 0 Å². The van der Waals surface area contributed by atoms with E-state index in [1.54, 1.807) is 0 Å². The van der Waals surface area contributed by atoms with E-state index in [1.807, 2.05) is 42.5 Å². The van der Waals surface area contributed by atoms with Gasteiger partial charge in [-0.2, -0.15) is 0 Å². The molecule has 1 heterocycles. The van der Waals surface area contributed by atoms with E-state index in [0.717, 1.165) is 31.2 Å². The second-order valence-electron chi connectivity index (χ2n) is 3.84. The summed E-state index contributed by atoms with van der Waals surface area (Å²) in [5.41, 5.74) is 8.72. The van der Waals surface area contributed by atoms with Crippen molar-refractivity contribution in [3.8, 4) is 0 Å². The first-order valence-electron chi connectivity index (χ1n) is 5.40. The predicted octanol–water partition coefficient (Wildman–Crippen LogP) is 4.06. The third kappa shape index (κ3) is 2.23. The molecule has 0 saturated heterocycles. The summed E-state index contributed by atoms with van der Waals surface area (Å²) in [4.78, 5) is 8.78. The second kappa shape index (κ2) is 4.66. The SMILES string of the molecule is Nc1cc(Br)ccc1Sc1nc2ccccc2[nH]1. The van der Waals surface area contributed by atoms with Crippen molar-refractivity contribution in [3.05, 3.63) is 46.9 Å². The van der Waals surface area contributed by atoms with E-state index < -0.39 is 0 Å². The molecular formula is C13H10BrN3S. The molecule has 3 N–H and O–H groups in total. The number of imidazole rings is 1. The van der Waals surface area contributed by atoms with Gasteiger partial charge in [0.15, 0.2) is 5.16 Å². The molecule has 0 saturated carbocycles. The van der Waals surface area contributed by atoms with Gasteiger partial charge in [-0.25, -0.2) is 4.98 Å². The maximum atomic E-state index is 5.97. The lowest BCUT2D eigenvalue weighted by Crippen LogP contribution is -1.88. The number of para-hydroxylation sites is 2. The Kier molecular flexibility index (Phi) is 3.01. The number of rotatable bonds is 2. The maximum Gasteiger partial charge on any atom is 0.171 e. The molecule has 0 aliphatic heterocycles. The summed E-state index contributed by atoms with van der Waals surface area (Å²) in [7, 11) is 0. The number of anilines is 1. The van der Waals surface area contributed by atoms with Crippen molar-refractivity contribution in [1.29, 1.82) is 0 Å². The zero-order valence-electron chi connectivity index (χ0n) is 9.35. The molecule has 90 valence electrons. The number of hydrogen-bond acceptors (Lipinski definition) is 3. The Bertz CT molecular complexity index is 675. The number of hydrogen-bond donors (Lipinski definition) is 2. The van der Waals surface area contributed by atoms with E-state index >= 15 is 0 Å². The van der Waals surface area contributed by atoms with Crippen LogP contribution in [0.4, 0.5) is 5.69 Å². The third-order valence-corrected chi connectivity index (χ3v) is 4.02. The molecular weight excluding hydrogens is 310 g/mol. The quantitative estimate of drug-likeness (QED) is 0.700. The zero-order chi connectivity index (χ0) is 12.5. The third-order valence-electron chi connectivity index (χ3n) is 2.55. The van der Waals surface area contributed by atoms with Crippen molar-refractivity contribution in [1.82, 2.24) is 9.97 Å². The number of aromatic amines is 1. The summed E-state index contributed by atoms with van der Waals surface area (Å²) in [6.07, 6.45) is 0. The van der Waals surface area contributed by atoms with Crippen LogP contribution in [0.25, 0.3) is 11.0 Å². The zero-order valence-corrected chi connectivity index (χ0v) is 11.8. The molecule has 2 aromatic carbocycles. The van der Waals surface area contributed by atoms with E-state index in [4.69, 9.17) is 5.73 Å². The van der Waals surface area contributed by atoms with Crippen molar-refractivity contribution in [2.45, 2.75) is 10.1 Å². The largest absolute Gasteiger partial charge is 0.398 e. The fourth-order valence-electron chi connectivity index (χ4n) is 1.69. The molecule has 18 heavy (non-hydrogen) atoms. The minimum Gasteiger partial charge on any atom is -0.398 e. The molecule has 3 nitrogen and oxygen atoms in total. The van der Waals surface area contributed by atoms with Crippen molar-refractivity contribution < 1.29 is 0 Å². The molecule has 0 bridgehead atoms. The number of halogens is 1. The van der Waals surface area contributed by atoms with Gasteiger partial charge in [-0.3, -0.25) is 0 Å². The van der Waals surface area contributed by atoms with Crippen LogP contribution in [0.15, 0.2) is 57.0 Å². The number of nitrogens with two attached hydrogens (primary N) is 1. The number of nitrogens with zero attached hydrogens (tertiary/aromatic N) is 1. The van der Waals surface area contributed by atoms with Crippen LogP contribution in [0.2, 0.25) is 0 Å². The summed E-state index contributed by atoms with van der Waals surface area (Å²) in [6.45, 7) is 0. The van der Waals surface area contributed by atoms with Crippen molar-refractivity contribution in [2.75, 3.05) is 5.73 Å². The van der Waals surface area contributed by atoms with Crippen molar-refractivity contribution in [2.24, 2.45) is 0 Å². The van der Waals surface area contributed by atoms with Crippen LogP contribution in [0.1, 0.15) is 0 Å². The number of nitrogen functional groups attached to an aromatic ring is 1. The van der Waals surface area contributed by atoms with E-state index in [-0.39, 0.29) is 0 Å². The van der Waals surface area contributed by atoms with Crippen LogP contribution in [-0.4, -0.2) is 9.97 Å². The summed E-state index contributed by atoms with van der Waals surface area (Å²) >= 11 is 4.93. The summed E-state index contributed by atoms with van der Waals surface area (Å²) < 4.78 is 0.981. The predicted molar refractivity (Wildman–Crippen MR) is 78.8 cm³/mol. The highest BCUT2D eigenvalue weighted by atomic mass is 79.9. The number of aromatic nitrogens is 2. The van der Waals surface area contributed by atoms with Crippen LogP contribution < -0.4 is 5.73 Å². The molecule has 0 unspecified atom stereocenters. The molecule has 0 radical (unpaired) electrons. The highest BCUT2D eigenvalue weighted by Gasteiger charge is 2.06. The van der Waals surface area contributed by atoms with Gasteiger partial charge in [0, 0.05) is 15.1 Å². The highest BCUT2D eigenvalue weighted by molar-refractivity contribution is 9.10. The molecule has 0 spiro atoms. The maximum absolute atomic E-state index is 5.97. The molecule has 0 fully saturated rings. The minimum absolute atomic E-state index is 0.745. The van der Waals surface area contributed by atoms with Crippen LogP contribution in [0.5, 0.6) is 0 Å². The minimum atomic E-state index is 0.745. The Morgan fingerprint density at radius 1 is 1.17 bits per heavy atom. The molecule has 3 rings (SSSR count). The van der Waals surface area contributed by atoms with E-state index in [2.05, 4.69) is 25.9 Å². The van der Waals surface area contributed by atoms with Crippen molar-refractivity contribution >= 4 is 44.4 Å². The lowest BCUT2D eigenvalue weighted by Gasteiger charge is -2.02. The van der Waals surface area contributed by atoms with Gasteiger partial charge in [0.25, 0.3) is 0 Å². The molecule has 5 heteroatoms. The van der Waals surface area contributed by atoms with Crippen LogP contribution in [0, 0.1) is 0 Å². The Labute approximate surface area is 117 Å². The smallest absolute Gasteiger partial charge is 0.171 e. The monoisotopic (exact) mass is 319 g/mol. The Morgan fingerprint density at radius 3 is 2.78 bits per heavy atom. The topological polar surface area (TPSA) is 54.7 Å². The summed E-state index contributed by atoms with van der Waals surface area (Å²) in [6, 6.07) is 13.8. The standard InChI is InChI=1S/C13H10BrN3S/c14-8-5-6-12(9(15)7-8)18-13-16-10-3-1-2-4-11(10)17-13/h1-7H,15H2,(H,16,17). The van der Waals surface area contributed by atoms with E-state index in [1.165, 1.54) is 11.8 Å². The molecule has 0 atom stereocenters. The lowest BCUT2D eigenvalue weighted by atomic mass is 10.3. The average Bonchev–Trinajstić information content (AvgIpc) is 2.75. The first-order valence-corrected chi connectivity index (χ1v) is 7.01. The number of fused-ring (bicyclic) bond motifs is 1. The van der Waals surface area contributed by atoms with Crippen molar-refractivity contribution in [3.63, 3.8) is 0 Å². The lowest BCUT2D eigenvalue weighted by molar-refractivity contribution is 1.08. The van der Waals surface area contributed by atoms with Gasteiger partial charge in [0.05, 0.1) is 11.0 Å². The molecule has 0 amide bonds. The molecule has 0 aliphatic carbocycles. The van der Waals surface area contributed by atoms with Crippen LogP contribution in [-0.2, 0) is 0 Å². The van der Waals surface area contributed by atoms with Gasteiger partial charge in [-0.15, -0.1) is 0 Å². The van der Waals surface area contributed by atoms with Gasteiger partial charge < -0.3 is 10.7 Å². The summed E-state index contributed by atoms with van der Waals surface area (Å²) in [5, 5.41) is 0.852. The fraction of sp³-hybridized carbons (Fsp3) is 0. The fourth-order valence-corrected chi connectivity index (χ4v) is 2.90. The number of benzene rings is 2. The number of H-pyrrole nitrogens is 1. The highest BCUT2D eigenvalue weighted by Crippen LogP contribution is 2.32. The van der Waals surface area contributed by atoms with Gasteiger partial charge in [-0.05, 0) is 42.1 Å². The van der Waals surface area contributed by atoms with E-state index in [0.29, 0.717) is 0 Å². The average molecular weight is 320 g/mol. The van der Waals surface area contributed by atoms with Gasteiger partial charge in [0.1, 0.15) is 0 Å². The first kappa shape index (κ1) is 11.6. The number of nitrogens with one attached hydrogen (secondary N) is 1. The molecule has 0 aliphatic rings. The Balaban J connectivity index is 1.96. The van der Waals surface area contributed by atoms with E-state index in [9.17, 15) is 0 Å². The Hall–Kier alpha value is -1.46. The van der Waals surface area contributed by atoms with Gasteiger partial charge in [-0.1, -0.05) is 28.1 Å².